The minimum atomic E-state index is -1.11. The molecule has 8 heteroatoms. The largest absolute Gasteiger partial charge is 0.480 e. The molecule has 3 N–H and O–H groups in total. The Morgan fingerprint density at radius 1 is 1.55 bits per heavy atom. The Bertz CT molecular complexity index is 632. The van der Waals surface area contributed by atoms with Crippen molar-refractivity contribution in [2.45, 2.75) is 19.0 Å². The number of rotatable bonds is 5. The maximum absolute atomic E-state index is 13.6. The number of carboxylic acids is 1. The lowest BCUT2D eigenvalue weighted by molar-refractivity contribution is -0.138. The van der Waals surface area contributed by atoms with E-state index in [0.29, 0.717) is 16.3 Å². The van der Waals surface area contributed by atoms with Crippen LogP contribution in [-0.4, -0.2) is 32.1 Å². The molecule has 2 aromatic rings. The van der Waals surface area contributed by atoms with E-state index in [4.69, 9.17) is 22.4 Å². The van der Waals surface area contributed by atoms with Gasteiger partial charge in [0.2, 0.25) is 0 Å². The summed E-state index contributed by atoms with van der Waals surface area (Å²) in [7, 11) is 0. The van der Waals surface area contributed by atoms with E-state index < -0.39 is 17.8 Å². The van der Waals surface area contributed by atoms with Gasteiger partial charge in [-0.05, 0) is 12.1 Å². The molecule has 1 atom stereocenters. The summed E-state index contributed by atoms with van der Waals surface area (Å²) in [6, 6.07) is 3.32. The molecule has 20 heavy (non-hydrogen) atoms. The predicted octanol–water partition coefficient (Wildman–Crippen LogP) is 1.07. The van der Waals surface area contributed by atoms with Crippen LogP contribution in [0.25, 0.3) is 0 Å². The minimum absolute atomic E-state index is 0.0679. The van der Waals surface area contributed by atoms with Gasteiger partial charge >= 0.3 is 5.97 Å². The van der Waals surface area contributed by atoms with Crippen molar-refractivity contribution < 1.29 is 14.3 Å². The monoisotopic (exact) mass is 298 g/mol. The lowest BCUT2D eigenvalue weighted by atomic mass is 10.2. The molecule has 0 bridgehead atoms. The van der Waals surface area contributed by atoms with E-state index in [-0.39, 0.29) is 13.0 Å². The lowest BCUT2D eigenvalue weighted by Gasteiger charge is -2.03. The van der Waals surface area contributed by atoms with Gasteiger partial charge in [0.15, 0.2) is 0 Å². The standard InChI is InChI=1S/C12H12ClFN4O2/c13-8-2-1-7(10(14)3-8)5-18-6-9(16-17-18)4-11(15)12(19)20/h1-3,6,11H,4-5,15H2,(H,19,20). The van der Waals surface area contributed by atoms with Gasteiger partial charge in [0.25, 0.3) is 0 Å². The first-order valence-corrected chi connectivity index (χ1v) is 6.15. The first-order chi connectivity index (χ1) is 9.45. The Hall–Kier alpha value is -1.99. The Morgan fingerprint density at radius 3 is 2.95 bits per heavy atom. The van der Waals surface area contributed by atoms with E-state index in [1.165, 1.54) is 16.9 Å². The second-order valence-corrected chi connectivity index (χ2v) is 4.73. The molecule has 1 heterocycles. The number of hydrogen-bond donors (Lipinski definition) is 2. The zero-order valence-electron chi connectivity index (χ0n) is 10.3. The predicted molar refractivity (Wildman–Crippen MR) is 69.8 cm³/mol. The highest BCUT2D eigenvalue weighted by atomic mass is 35.5. The second-order valence-electron chi connectivity index (χ2n) is 4.29. The maximum atomic E-state index is 13.6. The van der Waals surface area contributed by atoms with E-state index in [9.17, 15) is 9.18 Å². The molecule has 0 aliphatic carbocycles. The summed E-state index contributed by atoms with van der Waals surface area (Å²) in [4.78, 5) is 10.6. The first kappa shape index (κ1) is 14.4. The number of aromatic nitrogens is 3. The second kappa shape index (κ2) is 5.98. The number of carbonyl (C=O) groups is 1. The smallest absolute Gasteiger partial charge is 0.320 e. The summed E-state index contributed by atoms with van der Waals surface area (Å²) >= 11 is 5.67. The third-order valence-electron chi connectivity index (χ3n) is 2.68. The minimum Gasteiger partial charge on any atom is -0.480 e. The van der Waals surface area contributed by atoms with Gasteiger partial charge in [0.1, 0.15) is 11.9 Å². The van der Waals surface area contributed by atoms with Crippen LogP contribution in [0.2, 0.25) is 5.02 Å². The van der Waals surface area contributed by atoms with Crippen LogP contribution in [0.1, 0.15) is 11.3 Å². The van der Waals surface area contributed by atoms with E-state index in [2.05, 4.69) is 10.3 Å². The molecule has 0 spiro atoms. The van der Waals surface area contributed by atoms with Crippen molar-refractivity contribution in [2.24, 2.45) is 5.73 Å². The molecule has 0 aliphatic rings. The van der Waals surface area contributed by atoms with Crippen molar-refractivity contribution >= 4 is 17.6 Å². The molecule has 1 aromatic heterocycles. The molecule has 1 aromatic carbocycles. The molecule has 0 radical (unpaired) electrons. The van der Waals surface area contributed by atoms with Gasteiger partial charge in [0.05, 0.1) is 12.2 Å². The first-order valence-electron chi connectivity index (χ1n) is 5.77. The zero-order chi connectivity index (χ0) is 14.7. The number of halogens is 2. The van der Waals surface area contributed by atoms with Gasteiger partial charge in [0, 0.05) is 23.2 Å². The topological polar surface area (TPSA) is 94.0 Å². The van der Waals surface area contributed by atoms with Crippen LogP contribution in [0.4, 0.5) is 4.39 Å². The van der Waals surface area contributed by atoms with Gasteiger partial charge in [-0.2, -0.15) is 0 Å². The number of hydrogen-bond acceptors (Lipinski definition) is 4. The molecular formula is C12H12ClFN4O2. The van der Waals surface area contributed by atoms with Gasteiger partial charge in [-0.1, -0.05) is 22.9 Å². The molecule has 0 fully saturated rings. The van der Waals surface area contributed by atoms with Crippen molar-refractivity contribution in [3.05, 3.63) is 46.5 Å². The molecule has 6 nitrogen and oxygen atoms in total. The van der Waals surface area contributed by atoms with Crippen molar-refractivity contribution in [1.82, 2.24) is 15.0 Å². The van der Waals surface area contributed by atoms with Crippen LogP contribution >= 0.6 is 11.6 Å². The Balaban J connectivity index is 2.07. The Morgan fingerprint density at radius 2 is 2.30 bits per heavy atom. The van der Waals surface area contributed by atoms with Gasteiger partial charge in [-0.3, -0.25) is 4.79 Å². The molecule has 0 amide bonds. The highest BCUT2D eigenvalue weighted by Crippen LogP contribution is 2.15. The van der Waals surface area contributed by atoms with Crippen molar-refractivity contribution in [3.8, 4) is 0 Å². The molecule has 106 valence electrons. The number of nitrogens with two attached hydrogens (primary N) is 1. The highest BCUT2D eigenvalue weighted by molar-refractivity contribution is 6.30. The Labute approximate surface area is 119 Å². The summed E-state index contributed by atoms with van der Waals surface area (Å²) in [5.41, 5.74) is 6.25. The van der Waals surface area contributed by atoms with E-state index in [0.717, 1.165) is 0 Å². The molecule has 1 unspecified atom stereocenters. The molecule has 0 saturated heterocycles. The quantitative estimate of drug-likeness (QED) is 0.861. The van der Waals surface area contributed by atoms with Crippen LogP contribution < -0.4 is 5.73 Å². The summed E-state index contributed by atoms with van der Waals surface area (Å²) in [5.74, 6) is -1.54. The van der Waals surface area contributed by atoms with Crippen LogP contribution in [0, 0.1) is 5.82 Å². The van der Waals surface area contributed by atoms with E-state index >= 15 is 0 Å². The Kier molecular flexibility index (Phi) is 4.31. The summed E-state index contributed by atoms with van der Waals surface area (Å²) in [6.45, 7) is 0.179. The SMILES string of the molecule is NC(Cc1cn(Cc2ccc(Cl)cc2F)nn1)C(=O)O. The van der Waals surface area contributed by atoms with Crippen molar-refractivity contribution in [1.29, 1.82) is 0 Å². The molecular weight excluding hydrogens is 287 g/mol. The van der Waals surface area contributed by atoms with Crippen molar-refractivity contribution in [2.75, 3.05) is 0 Å². The highest BCUT2D eigenvalue weighted by Gasteiger charge is 2.14. The van der Waals surface area contributed by atoms with Crippen LogP contribution in [0.3, 0.4) is 0 Å². The number of aliphatic carboxylic acids is 1. The fraction of sp³-hybridized carbons (Fsp3) is 0.250. The molecule has 0 aliphatic heterocycles. The summed E-state index contributed by atoms with van der Waals surface area (Å²) < 4.78 is 15.0. The summed E-state index contributed by atoms with van der Waals surface area (Å²) in [5, 5.41) is 16.6. The molecule has 0 saturated carbocycles. The van der Waals surface area contributed by atoms with Gasteiger partial charge in [-0.15, -0.1) is 5.10 Å². The third-order valence-corrected chi connectivity index (χ3v) is 2.91. The summed E-state index contributed by atoms with van der Waals surface area (Å²) in [6.07, 6.45) is 1.61. The maximum Gasteiger partial charge on any atom is 0.320 e. The van der Waals surface area contributed by atoms with Gasteiger partial charge < -0.3 is 10.8 Å². The fourth-order valence-corrected chi connectivity index (χ4v) is 1.81. The average Bonchev–Trinajstić information content (AvgIpc) is 2.80. The van der Waals surface area contributed by atoms with E-state index in [1.54, 1.807) is 12.1 Å². The lowest BCUT2D eigenvalue weighted by Crippen LogP contribution is -2.32. The van der Waals surface area contributed by atoms with Crippen LogP contribution in [0.5, 0.6) is 0 Å². The molecule has 2 rings (SSSR count). The van der Waals surface area contributed by atoms with Gasteiger partial charge in [-0.25, -0.2) is 9.07 Å². The normalized spacial score (nSPS) is 12.3. The van der Waals surface area contributed by atoms with Crippen LogP contribution in [-0.2, 0) is 17.8 Å². The average molecular weight is 299 g/mol. The van der Waals surface area contributed by atoms with Crippen LogP contribution in [0.15, 0.2) is 24.4 Å². The third kappa shape index (κ3) is 3.52. The number of nitrogens with zero attached hydrogens (tertiary/aromatic N) is 3. The number of carboxylic acid groups (broad SMARTS) is 1. The zero-order valence-corrected chi connectivity index (χ0v) is 11.1. The van der Waals surface area contributed by atoms with Crippen molar-refractivity contribution in [3.63, 3.8) is 0 Å². The fourth-order valence-electron chi connectivity index (χ4n) is 1.65. The number of benzene rings is 1. The van der Waals surface area contributed by atoms with E-state index in [1.807, 2.05) is 0 Å².